The standard InChI is InChI=1S/C8H11BClNO4/c9-15-7(12)6-1-3-11(4-2-6)8(13)14-5-10/h6H,1-5H2. The van der Waals surface area contributed by atoms with Crippen molar-refractivity contribution in [3.05, 3.63) is 0 Å². The molecule has 0 atom stereocenters. The lowest BCUT2D eigenvalue weighted by Crippen LogP contribution is -2.40. The molecule has 1 fully saturated rings. The number of rotatable bonds is 2. The van der Waals surface area contributed by atoms with Gasteiger partial charge in [-0.25, -0.2) is 4.79 Å². The molecule has 15 heavy (non-hydrogen) atoms. The first-order valence-electron chi connectivity index (χ1n) is 4.57. The monoisotopic (exact) mass is 231 g/mol. The van der Waals surface area contributed by atoms with E-state index >= 15 is 0 Å². The van der Waals surface area contributed by atoms with Crippen LogP contribution in [0.1, 0.15) is 12.8 Å². The molecule has 7 heteroatoms. The summed E-state index contributed by atoms with van der Waals surface area (Å²) in [6, 6.07) is -0.163. The van der Waals surface area contributed by atoms with E-state index in [4.69, 9.17) is 19.7 Å². The fourth-order valence-corrected chi connectivity index (χ4v) is 1.63. The molecule has 1 aliphatic rings. The number of halogens is 1. The van der Waals surface area contributed by atoms with Crippen LogP contribution in [0, 0.1) is 5.92 Å². The van der Waals surface area contributed by atoms with Crippen molar-refractivity contribution < 1.29 is 19.0 Å². The number of hydrogen-bond donors (Lipinski definition) is 0. The number of alkyl halides is 1. The summed E-state index contributed by atoms with van der Waals surface area (Å²) in [5.74, 6) is -0.657. The molecule has 0 spiro atoms. The Morgan fingerprint density at radius 2 is 2.00 bits per heavy atom. The molecule has 1 aliphatic heterocycles. The minimum absolute atomic E-state index is 0.163. The van der Waals surface area contributed by atoms with Crippen molar-refractivity contribution in [1.29, 1.82) is 0 Å². The lowest BCUT2D eigenvalue weighted by Gasteiger charge is -2.29. The Labute approximate surface area is 94.1 Å². The second-order valence-corrected chi connectivity index (χ2v) is 3.44. The Kier molecular flexibility index (Phi) is 4.75. The molecule has 1 heterocycles. The molecular formula is C8H11BClNO4. The molecule has 0 N–H and O–H groups in total. The van der Waals surface area contributed by atoms with Crippen molar-refractivity contribution in [2.45, 2.75) is 12.8 Å². The van der Waals surface area contributed by atoms with E-state index in [2.05, 4.69) is 9.39 Å². The van der Waals surface area contributed by atoms with Gasteiger partial charge in [0.25, 0.3) is 5.97 Å². The fourth-order valence-electron chi connectivity index (χ4n) is 1.53. The van der Waals surface area contributed by atoms with Gasteiger partial charge in [0.2, 0.25) is 0 Å². The lowest BCUT2D eigenvalue weighted by molar-refractivity contribution is -0.140. The smallest absolute Gasteiger partial charge is 0.410 e. The van der Waals surface area contributed by atoms with Gasteiger partial charge in [-0.2, -0.15) is 0 Å². The second-order valence-electron chi connectivity index (χ2n) is 3.22. The molecule has 0 aromatic rings. The van der Waals surface area contributed by atoms with E-state index < -0.39 is 12.1 Å². The first kappa shape index (κ1) is 12.2. The predicted molar refractivity (Wildman–Crippen MR) is 53.3 cm³/mol. The van der Waals surface area contributed by atoms with E-state index in [1.807, 2.05) is 0 Å². The van der Waals surface area contributed by atoms with E-state index in [0.717, 1.165) is 0 Å². The SMILES string of the molecule is [B]OC(=O)C1CCN(C(=O)OCCl)CC1. The lowest BCUT2D eigenvalue weighted by atomic mass is 9.97. The molecule has 5 nitrogen and oxygen atoms in total. The van der Waals surface area contributed by atoms with Gasteiger partial charge in [-0.05, 0) is 12.8 Å². The third-order valence-corrected chi connectivity index (χ3v) is 2.49. The molecule has 1 amide bonds. The van der Waals surface area contributed by atoms with E-state index in [-0.39, 0.29) is 12.0 Å². The minimum Gasteiger partial charge on any atom is -0.543 e. The van der Waals surface area contributed by atoms with Crippen LogP contribution in [0.2, 0.25) is 0 Å². The molecule has 1 rings (SSSR count). The van der Waals surface area contributed by atoms with Crippen LogP contribution in [0.4, 0.5) is 4.79 Å². The Morgan fingerprint density at radius 1 is 1.40 bits per heavy atom. The van der Waals surface area contributed by atoms with Crippen molar-refractivity contribution in [3.63, 3.8) is 0 Å². The summed E-state index contributed by atoms with van der Waals surface area (Å²) in [7, 11) is 4.77. The molecule has 0 aromatic heterocycles. The van der Waals surface area contributed by atoms with E-state index in [0.29, 0.717) is 25.9 Å². The van der Waals surface area contributed by atoms with Gasteiger partial charge in [0.05, 0.1) is 5.92 Å². The summed E-state index contributed by atoms with van der Waals surface area (Å²) in [6.07, 6.45) is 0.616. The average molecular weight is 231 g/mol. The highest BCUT2D eigenvalue weighted by molar-refractivity contribution is 6.17. The van der Waals surface area contributed by atoms with Crippen LogP contribution < -0.4 is 0 Å². The Bertz CT molecular complexity index is 243. The summed E-state index contributed by atoms with van der Waals surface area (Å²) in [6.45, 7) is 0.908. The van der Waals surface area contributed by atoms with Crippen LogP contribution in [0.3, 0.4) is 0 Å². The van der Waals surface area contributed by atoms with Crippen LogP contribution in [0.15, 0.2) is 0 Å². The third-order valence-electron chi connectivity index (χ3n) is 2.38. The van der Waals surface area contributed by atoms with Crippen molar-refractivity contribution in [3.8, 4) is 0 Å². The van der Waals surface area contributed by atoms with Crippen molar-refractivity contribution in [1.82, 2.24) is 4.90 Å². The first-order valence-corrected chi connectivity index (χ1v) is 5.10. The van der Waals surface area contributed by atoms with Gasteiger partial charge in [0, 0.05) is 13.1 Å². The van der Waals surface area contributed by atoms with Gasteiger partial charge < -0.3 is 14.3 Å². The van der Waals surface area contributed by atoms with Gasteiger partial charge >= 0.3 is 14.1 Å². The molecule has 0 unspecified atom stereocenters. The van der Waals surface area contributed by atoms with E-state index in [9.17, 15) is 9.59 Å². The zero-order valence-corrected chi connectivity index (χ0v) is 8.90. The fraction of sp³-hybridized carbons (Fsp3) is 0.750. The normalized spacial score (nSPS) is 17.3. The van der Waals surface area contributed by atoms with Gasteiger partial charge in [-0.1, -0.05) is 11.6 Å². The molecule has 2 radical (unpaired) electrons. The molecule has 0 bridgehead atoms. The van der Waals surface area contributed by atoms with E-state index in [1.54, 1.807) is 0 Å². The van der Waals surface area contributed by atoms with Gasteiger partial charge in [0.1, 0.15) is 0 Å². The third kappa shape index (κ3) is 3.30. The maximum Gasteiger partial charge on any atom is 0.410 e. The molecular weight excluding hydrogens is 220 g/mol. The second kappa shape index (κ2) is 5.85. The number of likely N-dealkylation sites (tertiary alicyclic amines) is 1. The summed E-state index contributed by atoms with van der Waals surface area (Å²) in [5.41, 5.74) is 0. The van der Waals surface area contributed by atoms with Crippen LogP contribution >= 0.6 is 11.6 Å². The number of ether oxygens (including phenoxy) is 1. The summed E-state index contributed by atoms with van der Waals surface area (Å²) in [4.78, 5) is 23.8. The summed E-state index contributed by atoms with van der Waals surface area (Å²) in [5, 5.41) is 0. The molecule has 82 valence electrons. The predicted octanol–water partition coefficient (Wildman–Crippen LogP) is 0.658. The Morgan fingerprint density at radius 3 is 2.47 bits per heavy atom. The van der Waals surface area contributed by atoms with Crippen LogP contribution in [-0.2, 0) is 14.2 Å². The zero-order chi connectivity index (χ0) is 11.3. The van der Waals surface area contributed by atoms with Crippen molar-refractivity contribution in [2.75, 3.05) is 19.2 Å². The minimum atomic E-state index is -0.454. The molecule has 0 aromatic carbocycles. The van der Waals surface area contributed by atoms with Crippen LogP contribution in [0.5, 0.6) is 0 Å². The maximum atomic E-state index is 11.2. The number of carbonyl (C=O) groups excluding carboxylic acids is 2. The number of amides is 1. The highest BCUT2D eigenvalue weighted by atomic mass is 35.5. The molecule has 1 saturated heterocycles. The number of hydrogen-bond acceptors (Lipinski definition) is 4. The largest absolute Gasteiger partial charge is 0.543 e. The zero-order valence-electron chi connectivity index (χ0n) is 8.15. The van der Waals surface area contributed by atoms with Crippen molar-refractivity contribution >= 4 is 31.7 Å². The number of carbonyl (C=O) groups is 2. The van der Waals surface area contributed by atoms with Gasteiger partial charge in [-0.15, -0.1) is 0 Å². The van der Waals surface area contributed by atoms with Crippen molar-refractivity contribution in [2.24, 2.45) is 5.92 Å². The van der Waals surface area contributed by atoms with Gasteiger partial charge in [-0.3, -0.25) is 4.79 Å². The quantitative estimate of drug-likeness (QED) is 0.517. The number of nitrogens with zero attached hydrogens (tertiary/aromatic N) is 1. The maximum absolute atomic E-state index is 11.2. The Hall–Kier alpha value is -0.905. The first-order chi connectivity index (χ1) is 7.19. The summed E-state index contributed by atoms with van der Waals surface area (Å²) >= 11 is 5.26. The number of piperidine rings is 1. The van der Waals surface area contributed by atoms with Crippen LogP contribution in [0.25, 0.3) is 0 Å². The highest BCUT2D eigenvalue weighted by Crippen LogP contribution is 2.18. The molecule has 0 saturated carbocycles. The highest BCUT2D eigenvalue weighted by Gasteiger charge is 2.28. The Balaban J connectivity index is 2.35. The van der Waals surface area contributed by atoms with Gasteiger partial charge in [0.15, 0.2) is 6.07 Å². The van der Waals surface area contributed by atoms with E-state index in [1.165, 1.54) is 4.90 Å². The molecule has 0 aliphatic carbocycles. The average Bonchev–Trinajstić information content (AvgIpc) is 2.28. The summed E-state index contributed by atoms with van der Waals surface area (Å²) < 4.78 is 8.75. The topological polar surface area (TPSA) is 55.8 Å². The van der Waals surface area contributed by atoms with Crippen LogP contribution in [-0.4, -0.2) is 44.2 Å².